The second-order valence-corrected chi connectivity index (χ2v) is 6.02. The third kappa shape index (κ3) is 2.01. The summed E-state index contributed by atoms with van der Waals surface area (Å²) in [6.45, 7) is 8.04. The molecular formula is C13H19NOS. The first kappa shape index (κ1) is 11.6. The van der Waals surface area contributed by atoms with Crippen LogP contribution in [0.5, 0.6) is 0 Å². The van der Waals surface area contributed by atoms with E-state index in [1.54, 1.807) is 11.3 Å². The number of aryl methyl sites for hydroxylation is 1. The van der Waals surface area contributed by atoms with Gasteiger partial charge in [-0.2, -0.15) is 0 Å². The van der Waals surface area contributed by atoms with E-state index in [-0.39, 0.29) is 11.3 Å². The summed E-state index contributed by atoms with van der Waals surface area (Å²) in [4.78, 5) is 15.6. The number of likely N-dealkylation sites (tertiary alicyclic amines) is 1. The van der Waals surface area contributed by atoms with Gasteiger partial charge in [-0.15, -0.1) is 11.3 Å². The molecule has 1 saturated heterocycles. The van der Waals surface area contributed by atoms with E-state index >= 15 is 0 Å². The van der Waals surface area contributed by atoms with E-state index in [4.69, 9.17) is 0 Å². The van der Waals surface area contributed by atoms with Gasteiger partial charge < -0.3 is 4.90 Å². The average Bonchev–Trinajstić information content (AvgIpc) is 2.86. The van der Waals surface area contributed by atoms with Crippen molar-refractivity contribution in [2.75, 3.05) is 13.1 Å². The van der Waals surface area contributed by atoms with E-state index in [1.165, 1.54) is 10.4 Å². The monoisotopic (exact) mass is 237 g/mol. The van der Waals surface area contributed by atoms with Crippen LogP contribution < -0.4 is 0 Å². The molecule has 1 aromatic rings. The van der Waals surface area contributed by atoms with Crippen molar-refractivity contribution >= 4 is 17.2 Å². The van der Waals surface area contributed by atoms with E-state index in [9.17, 15) is 4.79 Å². The van der Waals surface area contributed by atoms with Crippen LogP contribution in [0.25, 0.3) is 0 Å². The van der Waals surface area contributed by atoms with Crippen LogP contribution in [0.3, 0.4) is 0 Å². The first-order valence-corrected chi connectivity index (χ1v) is 6.75. The largest absolute Gasteiger partial charge is 0.342 e. The van der Waals surface area contributed by atoms with Crippen LogP contribution in [-0.4, -0.2) is 23.9 Å². The normalized spacial score (nSPS) is 16.8. The van der Waals surface area contributed by atoms with Gasteiger partial charge >= 0.3 is 0 Å². The van der Waals surface area contributed by atoms with Gasteiger partial charge in [0.05, 0.1) is 5.41 Å². The van der Waals surface area contributed by atoms with E-state index in [1.807, 2.05) is 18.7 Å². The van der Waals surface area contributed by atoms with Gasteiger partial charge in [0, 0.05) is 18.0 Å². The van der Waals surface area contributed by atoms with Crippen molar-refractivity contribution < 1.29 is 4.79 Å². The quantitative estimate of drug-likeness (QED) is 0.774. The van der Waals surface area contributed by atoms with Crippen LogP contribution >= 0.6 is 11.3 Å². The van der Waals surface area contributed by atoms with Gasteiger partial charge in [0.1, 0.15) is 0 Å². The number of rotatable bonds is 2. The molecule has 1 amide bonds. The minimum Gasteiger partial charge on any atom is -0.342 e. The molecule has 2 rings (SSSR count). The smallest absolute Gasteiger partial charge is 0.233 e. The fourth-order valence-electron chi connectivity index (χ4n) is 2.18. The first-order chi connectivity index (χ1) is 7.51. The van der Waals surface area contributed by atoms with E-state index in [2.05, 4.69) is 18.4 Å². The Labute approximate surface area is 101 Å². The predicted molar refractivity (Wildman–Crippen MR) is 67.9 cm³/mol. The number of amides is 1. The first-order valence-electron chi connectivity index (χ1n) is 5.87. The molecule has 0 radical (unpaired) electrons. The molecule has 1 aliphatic rings. The molecular weight excluding hydrogens is 218 g/mol. The van der Waals surface area contributed by atoms with Crippen molar-refractivity contribution in [2.45, 2.75) is 39.0 Å². The SMILES string of the molecule is Cc1csc(C(C)(C)C(=O)N2CCCC2)c1. The Kier molecular flexibility index (Phi) is 3.06. The summed E-state index contributed by atoms with van der Waals surface area (Å²) in [5, 5.41) is 2.12. The summed E-state index contributed by atoms with van der Waals surface area (Å²) in [6, 6.07) is 2.14. The Bertz CT molecular complexity index is 388. The van der Waals surface area contributed by atoms with Crippen LogP contribution in [-0.2, 0) is 10.2 Å². The fraction of sp³-hybridized carbons (Fsp3) is 0.615. The maximum absolute atomic E-state index is 12.4. The maximum Gasteiger partial charge on any atom is 0.233 e. The topological polar surface area (TPSA) is 20.3 Å². The Morgan fingerprint density at radius 2 is 2.00 bits per heavy atom. The molecule has 2 heterocycles. The van der Waals surface area contributed by atoms with Crippen LogP contribution in [0.2, 0.25) is 0 Å². The van der Waals surface area contributed by atoms with Gasteiger partial charge in [0.25, 0.3) is 0 Å². The number of thiophene rings is 1. The lowest BCUT2D eigenvalue weighted by Crippen LogP contribution is -2.41. The minimum atomic E-state index is -0.358. The third-order valence-electron chi connectivity index (χ3n) is 3.27. The van der Waals surface area contributed by atoms with Crippen molar-refractivity contribution in [3.8, 4) is 0 Å². The summed E-state index contributed by atoms with van der Waals surface area (Å²) >= 11 is 1.70. The molecule has 1 aliphatic heterocycles. The highest BCUT2D eigenvalue weighted by molar-refractivity contribution is 7.10. The molecule has 0 N–H and O–H groups in total. The Morgan fingerprint density at radius 3 is 2.50 bits per heavy atom. The molecule has 0 saturated carbocycles. The Balaban J connectivity index is 2.20. The molecule has 88 valence electrons. The number of hydrogen-bond acceptors (Lipinski definition) is 2. The van der Waals surface area contributed by atoms with Crippen molar-refractivity contribution in [3.63, 3.8) is 0 Å². The second-order valence-electron chi connectivity index (χ2n) is 5.11. The molecule has 2 nitrogen and oxygen atoms in total. The molecule has 1 fully saturated rings. The molecule has 0 unspecified atom stereocenters. The van der Waals surface area contributed by atoms with E-state index in [0.717, 1.165) is 25.9 Å². The molecule has 3 heteroatoms. The summed E-state index contributed by atoms with van der Waals surface area (Å²) in [5.74, 6) is 0.284. The zero-order valence-electron chi connectivity index (χ0n) is 10.2. The Hall–Kier alpha value is -0.830. The molecule has 0 atom stereocenters. The number of carbonyl (C=O) groups excluding carboxylic acids is 1. The van der Waals surface area contributed by atoms with Gasteiger partial charge in [0.2, 0.25) is 5.91 Å². The number of carbonyl (C=O) groups is 1. The molecule has 0 bridgehead atoms. The molecule has 0 aliphatic carbocycles. The van der Waals surface area contributed by atoms with Crippen molar-refractivity contribution in [3.05, 3.63) is 21.9 Å². The number of hydrogen-bond donors (Lipinski definition) is 0. The zero-order valence-corrected chi connectivity index (χ0v) is 11.1. The lowest BCUT2D eigenvalue weighted by atomic mass is 9.89. The second kappa shape index (κ2) is 4.21. The third-order valence-corrected chi connectivity index (χ3v) is 4.65. The minimum absolute atomic E-state index is 0.284. The maximum atomic E-state index is 12.4. The van der Waals surface area contributed by atoms with Crippen LogP contribution in [0.15, 0.2) is 11.4 Å². The van der Waals surface area contributed by atoms with E-state index < -0.39 is 0 Å². The highest BCUT2D eigenvalue weighted by Crippen LogP contribution is 2.32. The van der Waals surface area contributed by atoms with Crippen LogP contribution in [0, 0.1) is 6.92 Å². The Morgan fingerprint density at radius 1 is 1.38 bits per heavy atom. The highest BCUT2D eigenvalue weighted by Gasteiger charge is 2.35. The lowest BCUT2D eigenvalue weighted by Gasteiger charge is -2.28. The van der Waals surface area contributed by atoms with Gasteiger partial charge in [-0.25, -0.2) is 0 Å². The molecule has 1 aromatic heterocycles. The van der Waals surface area contributed by atoms with E-state index in [0.29, 0.717) is 0 Å². The van der Waals surface area contributed by atoms with Gasteiger partial charge in [-0.05, 0) is 50.6 Å². The molecule has 0 spiro atoms. The summed E-state index contributed by atoms with van der Waals surface area (Å²) < 4.78 is 0. The lowest BCUT2D eigenvalue weighted by molar-refractivity contribution is -0.135. The molecule has 16 heavy (non-hydrogen) atoms. The predicted octanol–water partition coefficient (Wildman–Crippen LogP) is 2.96. The standard InChI is InChI=1S/C13H19NOS/c1-10-8-11(16-9-10)13(2,3)12(15)14-6-4-5-7-14/h8-9H,4-7H2,1-3H3. The average molecular weight is 237 g/mol. The highest BCUT2D eigenvalue weighted by atomic mass is 32.1. The number of nitrogens with zero attached hydrogens (tertiary/aromatic N) is 1. The van der Waals surface area contributed by atoms with Crippen molar-refractivity contribution in [1.29, 1.82) is 0 Å². The fourth-order valence-corrected chi connectivity index (χ4v) is 3.20. The zero-order chi connectivity index (χ0) is 11.8. The summed E-state index contributed by atoms with van der Waals surface area (Å²) in [7, 11) is 0. The van der Waals surface area contributed by atoms with Crippen molar-refractivity contribution in [2.24, 2.45) is 0 Å². The van der Waals surface area contributed by atoms with Gasteiger partial charge in [-0.1, -0.05) is 0 Å². The molecule has 0 aromatic carbocycles. The van der Waals surface area contributed by atoms with Gasteiger partial charge in [0.15, 0.2) is 0 Å². The summed E-state index contributed by atoms with van der Waals surface area (Å²) in [6.07, 6.45) is 2.32. The van der Waals surface area contributed by atoms with Gasteiger partial charge in [-0.3, -0.25) is 4.79 Å². The summed E-state index contributed by atoms with van der Waals surface area (Å²) in [5.41, 5.74) is 0.894. The van der Waals surface area contributed by atoms with Crippen LogP contribution in [0.4, 0.5) is 0 Å². The van der Waals surface area contributed by atoms with Crippen LogP contribution in [0.1, 0.15) is 37.1 Å². The van der Waals surface area contributed by atoms with Crippen molar-refractivity contribution in [1.82, 2.24) is 4.90 Å².